The van der Waals surface area contributed by atoms with E-state index in [2.05, 4.69) is 10.0 Å². The Morgan fingerprint density at radius 3 is 2.93 bits per heavy atom. The van der Waals surface area contributed by atoms with Crippen LogP contribution in [-0.4, -0.2) is 4.92 Å². The van der Waals surface area contributed by atoms with Gasteiger partial charge in [0.1, 0.15) is 0 Å². The molecule has 0 saturated heterocycles. The third kappa shape index (κ3) is 2.21. The highest BCUT2D eigenvalue weighted by Crippen LogP contribution is 2.21. The van der Waals surface area contributed by atoms with E-state index >= 15 is 0 Å². The highest BCUT2D eigenvalue weighted by Gasteiger charge is 2.08. The van der Waals surface area contributed by atoms with Crippen molar-refractivity contribution in [1.82, 2.24) is 0 Å². The molecule has 1 aromatic rings. The van der Waals surface area contributed by atoms with Gasteiger partial charge in [0.2, 0.25) is 0 Å². The van der Waals surface area contributed by atoms with E-state index in [4.69, 9.17) is 5.53 Å². The Hall–Kier alpha value is -2.07. The molecular formula is C8H8N4O2. The molecule has 0 aliphatic heterocycles. The van der Waals surface area contributed by atoms with Crippen molar-refractivity contribution in [2.24, 2.45) is 5.11 Å². The minimum Gasteiger partial charge on any atom is -0.258 e. The van der Waals surface area contributed by atoms with E-state index in [1.165, 1.54) is 12.1 Å². The van der Waals surface area contributed by atoms with Gasteiger partial charge in [0, 0.05) is 17.0 Å². The van der Waals surface area contributed by atoms with Crippen LogP contribution in [0.4, 0.5) is 5.69 Å². The number of azide groups is 1. The van der Waals surface area contributed by atoms with Crippen LogP contribution < -0.4 is 0 Å². The summed E-state index contributed by atoms with van der Waals surface area (Å²) in [7, 11) is 0. The lowest BCUT2D eigenvalue weighted by Crippen LogP contribution is -1.92. The predicted octanol–water partition coefficient (Wildman–Crippen LogP) is 2.97. The Morgan fingerprint density at radius 1 is 1.64 bits per heavy atom. The van der Waals surface area contributed by atoms with Crippen LogP contribution in [0.1, 0.15) is 18.5 Å². The normalized spacial score (nSPS) is 11.5. The summed E-state index contributed by atoms with van der Waals surface area (Å²) in [6.07, 6.45) is 0. The molecule has 0 aliphatic carbocycles. The summed E-state index contributed by atoms with van der Waals surface area (Å²) >= 11 is 0. The van der Waals surface area contributed by atoms with E-state index in [1.54, 1.807) is 19.1 Å². The van der Waals surface area contributed by atoms with Gasteiger partial charge in [0.25, 0.3) is 5.69 Å². The smallest absolute Gasteiger partial charge is 0.258 e. The summed E-state index contributed by atoms with van der Waals surface area (Å²) in [6.45, 7) is 1.68. The van der Waals surface area contributed by atoms with Crippen LogP contribution in [0, 0.1) is 10.1 Å². The molecule has 6 heteroatoms. The molecule has 0 heterocycles. The second-order valence-electron chi connectivity index (χ2n) is 2.73. The standard InChI is InChI=1S/C8H8N4O2/c1-6(10-11-9)7-3-2-4-8(5-7)12(13)14/h2-6H,1H3. The van der Waals surface area contributed by atoms with E-state index < -0.39 is 4.92 Å². The summed E-state index contributed by atoms with van der Waals surface area (Å²) in [4.78, 5) is 12.6. The predicted molar refractivity (Wildman–Crippen MR) is 50.7 cm³/mol. The zero-order chi connectivity index (χ0) is 10.6. The first-order chi connectivity index (χ1) is 6.65. The molecule has 0 fully saturated rings. The number of rotatable bonds is 3. The molecule has 0 saturated carbocycles. The van der Waals surface area contributed by atoms with Crippen molar-refractivity contribution < 1.29 is 4.92 Å². The van der Waals surface area contributed by atoms with Gasteiger partial charge in [0.15, 0.2) is 0 Å². The Bertz CT molecular complexity index is 398. The Labute approximate surface area is 79.9 Å². The van der Waals surface area contributed by atoms with Crippen LogP contribution in [0.2, 0.25) is 0 Å². The van der Waals surface area contributed by atoms with Gasteiger partial charge in [-0.3, -0.25) is 10.1 Å². The van der Waals surface area contributed by atoms with E-state index in [1.807, 2.05) is 0 Å². The van der Waals surface area contributed by atoms with Crippen LogP contribution in [0.5, 0.6) is 0 Å². The Morgan fingerprint density at radius 2 is 2.36 bits per heavy atom. The van der Waals surface area contributed by atoms with Gasteiger partial charge in [0.05, 0.1) is 11.0 Å². The first-order valence-electron chi connectivity index (χ1n) is 3.93. The van der Waals surface area contributed by atoms with Crippen LogP contribution in [0.3, 0.4) is 0 Å². The van der Waals surface area contributed by atoms with Gasteiger partial charge in [-0.25, -0.2) is 0 Å². The lowest BCUT2D eigenvalue weighted by Gasteiger charge is -2.03. The Kier molecular flexibility index (Phi) is 3.04. The maximum Gasteiger partial charge on any atom is 0.269 e. The van der Waals surface area contributed by atoms with Gasteiger partial charge in [-0.15, -0.1) is 0 Å². The molecule has 0 radical (unpaired) electrons. The summed E-state index contributed by atoms with van der Waals surface area (Å²) in [5.74, 6) is 0. The van der Waals surface area contributed by atoms with Gasteiger partial charge in [-0.1, -0.05) is 24.2 Å². The number of benzene rings is 1. The van der Waals surface area contributed by atoms with E-state index in [0.29, 0.717) is 5.56 Å². The monoisotopic (exact) mass is 192 g/mol. The second kappa shape index (κ2) is 4.25. The van der Waals surface area contributed by atoms with Crippen LogP contribution in [0.15, 0.2) is 29.4 Å². The van der Waals surface area contributed by atoms with Gasteiger partial charge < -0.3 is 0 Å². The molecule has 6 nitrogen and oxygen atoms in total. The molecule has 0 aromatic heterocycles. The molecular weight excluding hydrogens is 184 g/mol. The second-order valence-corrected chi connectivity index (χ2v) is 2.73. The summed E-state index contributed by atoms with van der Waals surface area (Å²) in [5, 5.41) is 13.9. The summed E-state index contributed by atoms with van der Waals surface area (Å²) in [5.41, 5.74) is 8.84. The fourth-order valence-corrected chi connectivity index (χ4v) is 1.04. The maximum atomic E-state index is 10.4. The Balaban J connectivity index is 3.04. The van der Waals surface area contributed by atoms with Crippen LogP contribution in [-0.2, 0) is 0 Å². The molecule has 0 aliphatic rings. The van der Waals surface area contributed by atoms with Crippen molar-refractivity contribution in [3.8, 4) is 0 Å². The molecule has 1 atom stereocenters. The van der Waals surface area contributed by atoms with Gasteiger partial charge >= 0.3 is 0 Å². The molecule has 1 aromatic carbocycles. The largest absolute Gasteiger partial charge is 0.269 e. The van der Waals surface area contributed by atoms with Crippen molar-refractivity contribution in [2.75, 3.05) is 0 Å². The minimum atomic E-state index is -0.480. The molecule has 0 amide bonds. The highest BCUT2D eigenvalue weighted by molar-refractivity contribution is 5.35. The van der Waals surface area contributed by atoms with E-state index in [-0.39, 0.29) is 11.7 Å². The molecule has 0 N–H and O–H groups in total. The molecule has 72 valence electrons. The number of hydrogen-bond donors (Lipinski definition) is 0. The molecule has 14 heavy (non-hydrogen) atoms. The minimum absolute atomic E-state index is 0.00231. The number of nitro benzene ring substituents is 1. The third-order valence-electron chi connectivity index (χ3n) is 1.79. The van der Waals surface area contributed by atoms with E-state index in [9.17, 15) is 10.1 Å². The molecule has 1 unspecified atom stereocenters. The van der Waals surface area contributed by atoms with Crippen molar-refractivity contribution in [3.05, 3.63) is 50.4 Å². The number of non-ortho nitro benzene ring substituents is 1. The fourth-order valence-electron chi connectivity index (χ4n) is 1.04. The molecule has 0 bridgehead atoms. The van der Waals surface area contributed by atoms with Gasteiger partial charge in [-0.2, -0.15) is 0 Å². The van der Waals surface area contributed by atoms with Crippen molar-refractivity contribution in [1.29, 1.82) is 0 Å². The molecule has 0 spiro atoms. The van der Waals surface area contributed by atoms with Crippen LogP contribution in [0.25, 0.3) is 10.4 Å². The summed E-state index contributed by atoms with van der Waals surface area (Å²) in [6, 6.07) is 5.66. The SMILES string of the molecule is CC(N=[N+]=[N-])c1cccc([N+](=O)[O-])c1. The third-order valence-corrected chi connectivity index (χ3v) is 1.79. The fraction of sp³-hybridized carbons (Fsp3) is 0.250. The van der Waals surface area contributed by atoms with Crippen molar-refractivity contribution in [2.45, 2.75) is 13.0 Å². The van der Waals surface area contributed by atoms with Crippen molar-refractivity contribution in [3.63, 3.8) is 0 Å². The number of hydrogen-bond acceptors (Lipinski definition) is 3. The average Bonchev–Trinajstić information content (AvgIpc) is 2.18. The zero-order valence-electron chi connectivity index (χ0n) is 7.49. The topological polar surface area (TPSA) is 91.9 Å². The lowest BCUT2D eigenvalue weighted by molar-refractivity contribution is -0.384. The zero-order valence-corrected chi connectivity index (χ0v) is 7.49. The van der Waals surface area contributed by atoms with Crippen molar-refractivity contribution >= 4 is 5.69 Å². The average molecular weight is 192 g/mol. The summed E-state index contributed by atoms with van der Waals surface area (Å²) < 4.78 is 0. The lowest BCUT2D eigenvalue weighted by atomic mass is 10.1. The van der Waals surface area contributed by atoms with Crippen LogP contribution >= 0.6 is 0 Å². The maximum absolute atomic E-state index is 10.4. The molecule has 1 rings (SSSR count). The van der Waals surface area contributed by atoms with E-state index in [0.717, 1.165) is 0 Å². The first kappa shape index (κ1) is 10.0. The number of nitro groups is 1. The number of nitrogens with zero attached hydrogens (tertiary/aromatic N) is 4. The highest BCUT2D eigenvalue weighted by atomic mass is 16.6. The first-order valence-corrected chi connectivity index (χ1v) is 3.93. The van der Waals surface area contributed by atoms with Gasteiger partial charge in [-0.05, 0) is 11.1 Å². The quantitative estimate of drug-likeness (QED) is 0.242.